The molecule has 0 bridgehead atoms. The third-order valence-electron chi connectivity index (χ3n) is 3.69. The van der Waals surface area contributed by atoms with Gasteiger partial charge in [-0.2, -0.15) is 0 Å². The molecule has 5 heteroatoms. The van der Waals surface area contributed by atoms with Gasteiger partial charge in [0.05, 0.1) is 12.6 Å². The lowest BCUT2D eigenvalue weighted by Crippen LogP contribution is -2.36. The van der Waals surface area contributed by atoms with Crippen LogP contribution in [0.25, 0.3) is 0 Å². The average molecular weight is 351 g/mol. The van der Waals surface area contributed by atoms with Crippen LogP contribution in [0.1, 0.15) is 37.1 Å². The Morgan fingerprint density at radius 2 is 1.65 bits per heavy atom. The average Bonchev–Trinajstić information content (AvgIpc) is 2.53. The highest BCUT2D eigenvalue weighted by atomic mass is 35.5. The van der Waals surface area contributed by atoms with Crippen molar-refractivity contribution >= 4 is 29.1 Å². The van der Waals surface area contributed by atoms with E-state index < -0.39 is 0 Å². The second-order valence-electron chi connectivity index (χ2n) is 5.46. The van der Waals surface area contributed by atoms with Gasteiger partial charge in [0, 0.05) is 16.1 Å². The van der Waals surface area contributed by atoms with Crippen molar-refractivity contribution in [1.82, 2.24) is 10.6 Å². The molecule has 0 aliphatic heterocycles. The second kappa shape index (κ2) is 8.34. The number of hydrogen-bond acceptors (Lipinski definition) is 2. The van der Waals surface area contributed by atoms with Gasteiger partial charge in [-0.1, -0.05) is 53.5 Å². The summed E-state index contributed by atoms with van der Waals surface area (Å²) >= 11 is 12.0. The fourth-order valence-corrected chi connectivity index (χ4v) is 2.74. The number of amides is 1. The summed E-state index contributed by atoms with van der Waals surface area (Å²) in [6.07, 6.45) is 0. The third-order valence-corrected chi connectivity index (χ3v) is 4.28. The molecule has 2 aromatic rings. The molecule has 0 unspecified atom stereocenters. The van der Waals surface area contributed by atoms with Crippen molar-refractivity contribution in [3.63, 3.8) is 0 Å². The molecule has 2 rings (SSSR count). The molecule has 0 spiro atoms. The molecule has 23 heavy (non-hydrogen) atoms. The van der Waals surface area contributed by atoms with Gasteiger partial charge in [-0.3, -0.25) is 4.79 Å². The number of carbonyl (C=O) groups is 1. The van der Waals surface area contributed by atoms with Gasteiger partial charge < -0.3 is 10.6 Å². The molecule has 0 saturated heterocycles. The zero-order valence-corrected chi connectivity index (χ0v) is 14.7. The van der Waals surface area contributed by atoms with Gasteiger partial charge in [0.15, 0.2) is 0 Å². The first-order chi connectivity index (χ1) is 11.0. The van der Waals surface area contributed by atoms with Crippen molar-refractivity contribution in [2.24, 2.45) is 0 Å². The summed E-state index contributed by atoms with van der Waals surface area (Å²) in [5.41, 5.74) is 2.00. The topological polar surface area (TPSA) is 41.1 Å². The van der Waals surface area contributed by atoms with Gasteiger partial charge in [0.1, 0.15) is 0 Å². The Morgan fingerprint density at radius 1 is 1.00 bits per heavy atom. The van der Waals surface area contributed by atoms with Gasteiger partial charge in [0.25, 0.3) is 0 Å². The molecule has 0 radical (unpaired) electrons. The molecule has 0 aliphatic carbocycles. The summed E-state index contributed by atoms with van der Waals surface area (Å²) in [7, 11) is 0. The number of nitrogens with one attached hydrogen (secondary N) is 2. The summed E-state index contributed by atoms with van der Waals surface area (Å²) in [6, 6.07) is 15.0. The minimum Gasteiger partial charge on any atom is -0.348 e. The first kappa shape index (κ1) is 17.8. The Kier molecular flexibility index (Phi) is 6.46. The molecule has 1 amide bonds. The lowest BCUT2D eigenvalue weighted by molar-refractivity contribution is -0.121. The fraction of sp³-hybridized carbons (Fsp3) is 0.278. The van der Waals surface area contributed by atoms with Crippen LogP contribution in [-0.2, 0) is 4.79 Å². The lowest BCUT2D eigenvalue weighted by atomic mass is 10.1. The molecule has 0 heterocycles. The van der Waals surface area contributed by atoms with Crippen LogP contribution in [0.5, 0.6) is 0 Å². The maximum absolute atomic E-state index is 12.1. The van der Waals surface area contributed by atoms with Gasteiger partial charge in [0.2, 0.25) is 5.91 Å². The highest BCUT2D eigenvalue weighted by Crippen LogP contribution is 2.22. The minimum atomic E-state index is -0.135. The van der Waals surface area contributed by atoms with Crippen LogP contribution in [0.4, 0.5) is 0 Å². The Balaban J connectivity index is 1.85. The van der Waals surface area contributed by atoms with Crippen molar-refractivity contribution in [1.29, 1.82) is 0 Å². The van der Waals surface area contributed by atoms with Crippen LogP contribution in [0.15, 0.2) is 48.5 Å². The van der Waals surface area contributed by atoms with Crippen molar-refractivity contribution in [3.8, 4) is 0 Å². The van der Waals surface area contributed by atoms with Crippen LogP contribution in [0, 0.1) is 0 Å². The predicted octanol–water partition coefficient (Wildman–Crippen LogP) is 4.52. The highest BCUT2D eigenvalue weighted by molar-refractivity contribution is 6.31. The molecule has 0 aromatic heterocycles. The van der Waals surface area contributed by atoms with Gasteiger partial charge in [-0.25, -0.2) is 0 Å². The van der Waals surface area contributed by atoms with Crippen LogP contribution in [0.3, 0.4) is 0 Å². The smallest absolute Gasteiger partial charge is 0.234 e. The number of halogens is 2. The number of benzene rings is 2. The molecule has 2 N–H and O–H groups in total. The maximum Gasteiger partial charge on any atom is 0.234 e. The summed E-state index contributed by atoms with van der Waals surface area (Å²) in [5.74, 6) is -0.0711. The van der Waals surface area contributed by atoms with Crippen molar-refractivity contribution in [2.45, 2.75) is 25.9 Å². The Morgan fingerprint density at radius 3 is 2.30 bits per heavy atom. The van der Waals surface area contributed by atoms with E-state index in [1.165, 1.54) is 0 Å². The van der Waals surface area contributed by atoms with E-state index in [1.54, 1.807) is 0 Å². The van der Waals surface area contributed by atoms with Crippen LogP contribution in [0.2, 0.25) is 10.0 Å². The van der Waals surface area contributed by atoms with E-state index >= 15 is 0 Å². The van der Waals surface area contributed by atoms with E-state index in [9.17, 15) is 4.79 Å². The van der Waals surface area contributed by atoms with Crippen LogP contribution in [-0.4, -0.2) is 12.5 Å². The summed E-state index contributed by atoms with van der Waals surface area (Å²) in [5, 5.41) is 7.50. The number of carbonyl (C=O) groups excluding carboxylic acids is 1. The Bertz CT molecular complexity index is 658. The minimum absolute atomic E-state index is 0.0636. The maximum atomic E-state index is 12.1. The molecule has 0 saturated carbocycles. The first-order valence-corrected chi connectivity index (χ1v) is 8.25. The molecule has 122 valence electrons. The quantitative estimate of drug-likeness (QED) is 0.803. The zero-order valence-electron chi connectivity index (χ0n) is 13.1. The van der Waals surface area contributed by atoms with E-state index in [2.05, 4.69) is 10.6 Å². The number of rotatable bonds is 6. The summed E-state index contributed by atoms with van der Waals surface area (Å²) in [6.45, 7) is 4.16. The third kappa shape index (κ3) is 5.24. The lowest BCUT2D eigenvalue weighted by Gasteiger charge is -2.18. The number of hydrogen-bond donors (Lipinski definition) is 2. The zero-order chi connectivity index (χ0) is 16.8. The molecule has 2 aromatic carbocycles. The summed E-state index contributed by atoms with van der Waals surface area (Å²) < 4.78 is 0. The molecular formula is C18H20Cl2N2O. The molecular weight excluding hydrogens is 331 g/mol. The normalized spacial score (nSPS) is 13.4. The van der Waals surface area contributed by atoms with E-state index in [0.717, 1.165) is 11.1 Å². The van der Waals surface area contributed by atoms with E-state index in [4.69, 9.17) is 23.2 Å². The van der Waals surface area contributed by atoms with Gasteiger partial charge in [-0.05, 0) is 43.2 Å². The molecule has 0 aliphatic rings. The first-order valence-electron chi connectivity index (χ1n) is 7.50. The molecule has 0 fully saturated rings. The predicted molar refractivity (Wildman–Crippen MR) is 95.9 cm³/mol. The van der Waals surface area contributed by atoms with E-state index in [1.807, 2.05) is 62.4 Å². The fourth-order valence-electron chi connectivity index (χ4n) is 2.31. The van der Waals surface area contributed by atoms with Crippen molar-refractivity contribution in [3.05, 3.63) is 69.7 Å². The van der Waals surface area contributed by atoms with Crippen LogP contribution >= 0.6 is 23.2 Å². The van der Waals surface area contributed by atoms with Gasteiger partial charge >= 0.3 is 0 Å². The largest absolute Gasteiger partial charge is 0.348 e. The molecule has 2 atom stereocenters. The second-order valence-corrected chi connectivity index (χ2v) is 6.31. The Labute approximate surface area is 147 Å². The van der Waals surface area contributed by atoms with Crippen LogP contribution < -0.4 is 10.6 Å². The monoisotopic (exact) mass is 350 g/mol. The van der Waals surface area contributed by atoms with Gasteiger partial charge in [-0.15, -0.1) is 0 Å². The van der Waals surface area contributed by atoms with Crippen molar-refractivity contribution < 1.29 is 4.79 Å². The standard InChI is InChI=1S/C18H20Cl2N2O/c1-12(14-7-9-15(19)10-8-14)21-11-18(23)22-13(2)16-5-3-4-6-17(16)20/h3-10,12-13,21H,11H2,1-2H3,(H,22,23)/t12-,13-/m0/s1. The summed E-state index contributed by atoms with van der Waals surface area (Å²) in [4.78, 5) is 12.1. The highest BCUT2D eigenvalue weighted by Gasteiger charge is 2.13. The SMILES string of the molecule is C[C@H](NCC(=O)N[C@@H](C)c1ccccc1Cl)c1ccc(Cl)cc1. The van der Waals surface area contributed by atoms with Crippen molar-refractivity contribution in [2.75, 3.05) is 6.54 Å². The molecule has 3 nitrogen and oxygen atoms in total. The van der Waals surface area contributed by atoms with E-state index in [-0.39, 0.29) is 24.5 Å². The van der Waals surface area contributed by atoms with E-state index in [0.29, 0.717) is 10.0 Å². The Hall–Kier alpha value is -1.55.